The Bertz CT molecular complexity index is 473. The Balaban J connectivity index is 3.24. The van der Waals surface area contributed by atoms with E-state index in [1.807, 2.05) is 18.2 Å². The first-order valence-electron chi connectivity index (χ1n) is 6.98. The average molecular weight is 363 g/mol. The number of hydrogen-bond donors (Lipinski definition) is 0. The smallest absolute Gasteiger partial charge is 0.497 e. The molecular formula is C14H26O7Si2. The standard InChI is InChI=1S/C14H26O7Si2/c1-15-13-10-12(11-22(16-2,17-3)18-4)8-9-14(13)23(19-5,20-6)21-7/h8-10H,11H2,1-7H3. The van der Waals surface area contributed by atoms with Gasteiger partial charge in [0.1, 0.15) is 5.75 Å². The molecule has 0 saturated heterocycles. The zero-order chi connectivity index (χ0) is 17.5. The lowest BCUT2D eigenvalue weighted by Gasteiger charge is -2.27. The van der Waals surface area contributed by atoms with E-state index in [1.165, 1.54) is 0 Å². The van der Waals surface area contributed by atoms with Crippen molar-refractivity contribution in [2.75, 3.05) is 49.8 Å². The van der Waals surface area contributed by atoms with Crippen molar-refractivity contribution >= 4 is 22.8 Å². The summed E-state index contributed by atoms with van der Waals surface area (Å²) in [6.07, 6.45) is 0. The molecule has 0 aliphatic carbocycles. The van der Waals surface area contributed by atoms with Gasteiger partial charge in [0.05, 0.1) is 12.3 Å². The van der Waals surface area contributed by atoms with Crippen LogP contribution in [0.2, 0.25) is 0 Å². The van der Waals surface area contributed by atoms with Gasteiger partial charge in [-0.25, -0.2) is 0 Å². The van der Waals surface area contributed by atoms with Crippen molar-refractivity contribution in [3.05, 3.63) is 23.8 Å². The van der Waals surface area contributed by atoms with Gasteiger partial charge in [-0.05, 0) is 11.6 Å². The van der Waals surface area contributed by atoms with E-state index in [9.17, 15) is 0 Å². The van der Waals surface area contributed by atoms with Gasteiger partial charge < -0.3 is 31.3 Å². The maximum Gasteiger partial charge on any atom is 0.540 e. The van der Waals surface area contributed by atoms with E-state index in [1.54, 1.807) is 49.8 Å². The molecule has 0 saturated carbocycles. The second-order valence-electron chi connectivity index (χ2n) is 4.68. The molecule has 1 rings (SSSR count). The van der Waals surface area contributed by atoms with Crippen LogP contribution in [-0.4, -0.2) is 67.4 Å². The van der Waals surface area contributed by atoms with E-state index >= 15 is 0 Å². The summed E-state index contributed by atoms with van der Waals surface area (Å²) in [5.74, 6) is 0.630. The molecule has 0 fully saturated rings. The van der Waals surface area contributed by atoms with Crippen LogP contribution in [0.1, 0.15) is 5.56 Å². The fourth-order valence-corrected chi connectivity index (χ4v) is 5.97. The SMILES string of the molecule is COc1cc(C[Si](OC)(OC)OC)ccc1[Si](OC)(OC)OC. The first-order chi connectivity index (χ1) is 11.0. The van der Waals surface area contributed by atoms with Gasteiger partial charge in [0.15, 0.2) is 0 Å². The maximum atomic E-state index is 5.52. The van der Waals surface area contributed by atoms with E-state index in [4.69, 9.17) is 31.3 Å². The predicted octanol–water partition coefficient (Wildman–Crippen LogP) is 0.740. The van der Waals surface area contributed by atoms with Gasteiger partial charge in [-0.15, -0.1) is 0 Å². The Hall–Kier alpha value is -0.786. The number of ether oxygens (including phenoxy) is 1. The second-order valence-corrected chi connectivity index (χ2v) is 10.5. The summed E-state index contributed by atoms with van der Waals surface area (Å²) in [6.45, 7) is 0. The molecule has 132 valence electrons. The van der Waals surface area contributed by atoms with Crippen molar-refractivity contribution in [2.45, 2.75) is 6.04 Å². The molecule has 0 N–H and O–H groups in total. The summed E-state index contributed by atoms with van der Waals surface area (Å²) in [4.78, 5) is 0. The average Bonchev–Trinajstić information content (AvgIpc) is 2.62. The van der Waals surface area contributed by atoms with E-state index in [-0.39, 0.29) is 0 Å². The zero-order valence-electron chi connectivity index (χ0n) is 14.8. The summed E-state index contributed by atoms with van der Waals surface area (Å²) in [5, 5.41) is 0.760. The van der Waals surface area contributed by atoms with Crippen LogP contribution in [0, 0.1) is 0 Å². The third-order valence-electron chi connectivity index (χ3n) is 3.76. The Morgan fingerprint density at radius 2 is 1.26 bits per heavy atom. The highest BCUT2D eigenvalue weighted by atomic mass is 28.4. The lowest BCUT2D eigenvalue weighted by Crippen LogP contribution is -2.55. The molecule has 1 aromatic rings. The van der Waals surface area contributed by atoms with Gasteiger partial charge in [0.2, 0.25) is 0 Å². The summed E-state index contributed by atoms with van der Waals surface area (Å²) in [5.41, 5.74) is 0.967. The minimum absolute atomic E-state index is 0.522. The van der Waals surface area contributed by atoms with Gasteiger partial charge >= 0.3 is 17.6 Å². The first kappa shape index (κ1) is 20.3. The normalized spacial score (nSPS) is 12.5. The van der Waals surface area contributed by atoms with Crippen molar-refractivity contribution in [3.8, 4) is 5.75 Å². The van der Waals surface area contributed by atoms with Crippen LogP contribution >= 0.6 is 0 Å². The maximum absolute atomic E-state index is 5.52. The van der Waals surface area contributed by atoms with Gasteiger partial charge in [0.25, 0.3) is 0 Å². The highest BCUT2D eigenvalue weighted by molar-refractivity contribution is 6.76. The highest BCUT2D eigenvalue weighted by Crippen LogP contribution is 2.21. The summed E-state index contributed by atoms with van der Waals surface area (Å²) >= 11 is 0. The number of rotatable bonds is 10. The molecule has 0 bridgehead atoms. The molecule has 0 unspecified atom stereocenters. The monoisotopic (exact) mass is 362 g/mol. The van der Waals surface area contributed by atoms with E-state index in [2.05, 4.69) is 0 Å². The van der Waals surface area contributed by atoms with Gasteiger partial charge in [0, 0.05) is 48.7 Å². The van der Waals surface area contributed by atoms with Crippen molar-refractivity contribution < 1.29 is 31.3 Å². The molecule has 23 heavy (non-hydrogen) atoms. The molecule has 0 aromatic heterocycles. The quantitative estimate of drug-likeness (QED) is 0.569. The number of hydrogen-bond acceptors (Lipinski definition) is 7. The van der Waals surface area contributed by atoms with Crippen LogP contribution in [0.3, 0.4) is 0 Å². The third-order valence-corrected chi connectivity index (χ3v) is 9.15. The molecule has 9 heteroatoms. The van der Waals surface area contributed by atoms with Crippen molar-refractivity contribution in [3.63, 3.8) is 0 Å². The molecule has 0 aliphatic rings. The molecule has 0 atom stereocenters. The third kappa shape index (κ3) is 4.19. The fourth-order valence-electron chi connectivity index (χ4n) is 2.39. The summed E-state index contributed by atoms with van der Waals surface area (Å²) < 4.78 is 38.4. The van der Waals surface area contributed by atoms with E-state index in [0.717, 1.165) is 10.8 Å². The van der Waals surface area contributed by atoms with Crippen molar-refractivity contribution in [2.24, 2.45) is 0 Å². The minimum Gasteiger partial charge on any atom is -0.497 e. The van der Waals surface area contributed by atoms with Crippen molar-refractivity contribution in [1.82, 2.24) is 0 Å². The lowest BCUT2D eigenvalue weighted by atomic mass is 10.2. The second kappa shape index (κ2) is 8.90. The minimum atomic E-state index is -2.97. The highest BCUT2D eigenvalue weighted by Gasteiger charge is 2.44. The molecule has 0 heterocycles. The fraction of sp³-hybridized carbons (Fsp3) is 0.571. The van der Waals surface area contributed by atoms with Gasteiger partial charge in [-0.1, -0.05) is 12.1 Å². The van der Waals surface area contributed by atoms with Crippen LogP contribution in [0.5, 0.6) is 5.75 Å². The molecule has 1 aromatic carbocycles. The van der Waals surface area contributed by atoms with E-state index < -0.39 is 17.6 Å². The largest absolute Gasteiger partial charge is 0.540 e. The van der Waals surface area contributed by atoms with Crippen LogP contribution in [0.4, 0.5) is 0 Å². The van der Waals surface area contributed by atoms with Crippen molar-refractivity contribution in [1.29, 1.82) is 0 Å². The molecule has 0 amide bonds. The summed E-state index contributed by atoms with van der Waals surface area (Å²) in [6, 6.07) is 6.24. The topological polar surface area (TPSA) is 64.6 Å². The molecule has 0 aliphatic heterocycles. The summed E-state index contributed by atoms with van der Waals surface area (Å²) in [7, 11) is 5.34. The van der Waals surface area contributed by atoms with Crippen LogP contribution in [-0.2, 0) is 32.6 Å². The Morgan fingerprint density at radius 3 is 1.65 bits per heavy atom. The zero-order valence-corrected chi connectivity index (χ0v) is 16.8. The number of methoxy groups -OCH3 is 1. The Morgan fingerprint density at radius 1 is 0.739 bits per heavy atom. The van der Waals surface area contributed by atoms with Gasteiger partial charge in [-0.2, -0.15) is 0 Å². The Kier molecular flexibility index (Phi) is 7.84. The lowest BCUT2D eigenvalue weighted by molar-refractivity contribution is 0.122. The number of benzene rings is 1. The van der Waals surface area contributed by atoms with Crippen LogP contribution in [0.15, 0.2) is 18.2 Å². The van der Waals surface area contributed by atoms with Crippen LogP contribution < -0.4 is 9.92 Å². The molecular weight excluding hydrogens is 336 g/mol. The predicted molar refractivity (Wildman–Crippen MR) is 89.9 cm³/mol. The molecule has 0 radical (unpaired) electrons. The van der Waals surface area contributed by atoms with Crippen LogP contribution in [0.25, 0.3) is 0 Å². The first-order valence-corrected chi connectivity index (χ1v) is 10.6. The molecule has 0 spiro atoms. The van der Waals surface area contributed by atoms with E-state index in [0.29, 0.717) is 11.8 Å². The Labute approximate surface area is 140 Å². The van der Waals surface area contributed by atoms with Gasteiger partial charge in [-0.3, -0.25) is 0 Å². The molecule has 7 nitrogen and oxygen atoms in total.